The van der Waals surface area contributed by atoms with Crippen LogP contribution >= 0.6 is 0 Å². The molecule has 4 heteroatoms. The maximum atomic E-state index is 12.6. The summed E-state index contributed by atoms with van der Waals surface area (Å²) >= 11 is 0. The maximum Gasteiger partial charge on any atom is 0.312 e. The predicted molar refractivity (Wildman–Crippen MR) is 176 cm³/mol. The lowest BCUT2D eigenvalue weighted by Crippen LogP contribution is -2.33. The fraction of sp³-hybridized carbons (Fsp3) is 0.838. The Morgan fingerprint density at radius 3 is 1.32 bits per heavy atom. The van der Waals surface area contributed by atoms with Crippen molar-refractivity contribution in [2.75, 3.05) is 7.11 Å². The molecule has 0 aromatic carbocycles. The topological polar surface area (TPSA) is 52.6 Å². The number of unbranched alkanes of at least 4 members (excludes halogenated alkanes) is 19. The van der Waals surface area contributed by atoms with E-state index in [1.54, 1.807) is 0 Å². The molecule has 0 unspecified atom stereocenters. The second kappa shape index (κ2) is 31.4. The van der Waals surface area contributed by atoms with Crippen molar-refractivity contribution in [3.8, 4) is 0 Å². The molecule has 0 aliphatic carbocycles. The summed E-state index contributed by atoms with van der Waals surface area (Å²) in [7, 11) is 1.44. The number of methoxy groups -OCH3 is 1. The molecule has 0 heterocycles. The van der Waals surface area contributed by atoms with Crippen LogP contribution in [-0.2, 0) is 19.1 Å². The van der Waals surface area contributed by atoms with Gasteiger partial charge in [0, 0.05) is 6.92 Å². The van der Waals surface area contributed by atoms with E-state index in [0.717, 1.165) is 44.9 Å². The van der Waals surface area contributed by atoms with Gasteiger partial charge >= 0.3 is 11.9 Å². The lowest BCUT2D eigenvalue weighted by Gasteiger charge is -2.25. The molecule has 240 valence electrons. The highest BCUT2D eigenvalue weighted by Gasteiger charge is 2.30. The Bertz CT molecular complexity index is 639. The summed E-state index contributed by atoms with van der Waals surface area (Å²) in [6, 6.07) is 0. The first kappa shape index (κ1) is 39.4. The van der Waals surface area contributed by atoms with Gasteiger partial charge in [-0.05, 0) is 70.6 Å². The number of hydrogen-bond donors (Lipinski definition) is 0. The summed E-state index contributed by atoms with van der Waals surface area (Å²) in [6.45, 7) is 5.96. The molecule has 0 spiro atoms. The number of hydrogen-bond acceptors (Lipinski definition) is 4. The van der Waals surface area contributed by atoms with Gasteiger partial charge in [0.05, 0.1) is 13.0 Å². The van der Waals surface area contributed by atoms with Gasteiger partial charge < -0.3 is 9.47 Å². The van der Waals surface area contributed by atoms with Crippen LogP contribution in [0.4, 0.5) is 0 Å². The highest BCUT2D eigenvalue weighted by Crippen LogP contribution is 2.24. The van der Waals surface area contributed by atoms with Crippen LogP contribution in [0.3, 0.4) is 0 Å². The minimum atomic E-state index is -0.375. The van der Waals surface area contributed by atoms with Crippen LogP contribution in [0.5, 0.6) is 0 Å². The van der Waals surface area contributed by atoms with E-state index in [1.165, 1.54) is 130 Å². The summed E-state index contributed by atoms with van der Waals surface area (Å²) in [6.07, 6.45) is 38.8. The molecule has 0 fully saturated rings. The van der Waals surface area contributed by atoms with Gasteiger partial charge in [0.25, 0.3) is 0 Å². The van der Waals surface area contributed by atoms with Crippen molar-refractivity contribution in [1.29, 1.82) is 0 Å². The van der Waals surface area contributed by atoms with E-state index in [-0.39, 0.29) is 24.0 Å². The van der Waals surface area contributed by atoms with E-state index in [9.17, 15) is 9.59 Å². The van der Waals surface area contributed by atoms with Crippen molar-refractivity contribution in [1.82, 2.24) is 0 Å². The first-order valence-corrected chi connectivity index (χ1v) is 17.6. The Balaban J connectivity index is 4.15. The predicted octanol–water partition coefficient (Wildman–Crippen LogP) is 11.6. The Morgan fingerprint density at radius 1 is 0.537 bits per heavy atom. The van der Waals surface area contributed by atoms with Gasteiger partial charge in [-0.15, -0.1) is 0 Å². The number of esters is 2. The average Bonchev–Trinajstić information content (AvgIpc) is 2.96. The van der Waals surface area contributed by atoms with Crippen LogP contribution in [0, 0.1) is 5.92 Å². The van der Waals surface area contributed by atoms with Gasteiger partial charge in [-0.3, -0.25) is 9.59 Å². The molecule has 0 aromatic rings. The Morgan fingerprint density at radius 2 is 0.902 bits per heavy atom. The Labute approximate surface area is 255 Å². The third-order valence-electron chi connectivity index (χ3n) is 8.05. The van der Waals surface area contributed by atoms with Crippen LogP contribution in [0.1, 0.15) is 181 Å². The molecule has 0 saturated carbocycles. The fourth-order valence-electron chi connectivity index (χ4n) is 5.48. The number of carbonyl (C=O) groups is 2. The van der Waals surface area contributed by atoms with Crippen molar-refractivity contribution in [2.45, 2.75) is 187 Å². The molecule has 0 amide bonds. The molecule has 4 nitrogen and oxygen atoms in total. The minimum absolute atomic E-state index is 0.241. The van der Waals surface area contributed by atoms with Gasteiger partial charge in [-0.2, -0.15) is 0 Å². The first-order valence-electron chi connectivity index (χ1n) is 17.6. The van der Waals surface area contributed by atoms with Crippen LogP contribution in [0.15, 0.2) is 24.3 Å². The van der Waals surface area contributed by atoms with Crippen LogP contribution in [-0.4, -0.2) is 25.2 Å². The monoisotopic (exact) mass is 577 g/mol. The molecular weight excluding hydrogens is 508 g/mol. The molecule has 0 aliphatic heterocycles. The number of rotatable bonds is 30. The molecule has 0 N–H and O–H groups in total. The van der Waals surface area contributed by atoms with Gasteiger partial charge in [0.15, 0.2) is 0 Å². The standard InChI is InChI=1S/C37H68O4/c1-5-7-9-11-13-15-17-19-20-21-23-25-27-29-31-33-36(41-34(3)38)35(37(39)40-4)32-30-28-26-24-22-18-16-14-12-10-8-6-2/h16,18-20,35-36H,5-15,17,21-33H2,1-4H3/b18-16-,20-19-/t35-,36+/m1/s1. The van der Waals surface area contributed by atoms with Gasteiger partial charge in [-0.1, -0.05) is 128 Å². The molecule has 0 aliphatic rings. The zero-order valence-electron chi connectivity index (χ0n) is 27.8. The summed E-state index contributed by atoms with van der Waals surface area (Å²) in [5.41, 5.74) is 0. The second-order valence-corrected chi connectivity index (χ2v) is 12.0. The maximum absolute atomic E-state index is 12.6. The largest absolute Gasteiger partial charge is 0.469 e. The lowest BCUT2D eigenvalue weighted by atomic mass is 9.91. The molecule has 0 aromatic heterocycles. The van der Waals surface area contributed by atoms with Gasteiger partial charge in [0.1, 0.15) is 6.10 Å². The normalized spacial score (nSPS) is 13.2. The quantitative estimate of drug-likeness (QED) is 0.0485. The molecule has 0 radical (unpaired) electrons. The highest BCUT2D eigenvalue weighted by atomic mass is 16.6. The smallest absolute Gasteiger partial charge is 0.312 e. The van der Waals surface area contributed by atoms with Crippen LogP contribution < -0.4 is 0 Å². The van der Waals surface area contributed by atoms with E-state index in [0.29, 0.717) is 0 Å². The number of allylic oxidation sites excluding steroid dienone is 4. The molecule has 0 saturated heterocycles. The fourth-order valence-corrected chi connectivity index (χ4v) is 5.48. The molecule has 0 rings (SSSR count). The van der Waals surface area contributed by atoms with Crippen molar-refractivity contribution < 1.29 is 19.1 Å². The zero-order chi connectivity index (χ0) is 30.2. The van der Waals surface area contributed by atoms with E-state index >= 15 is 0 Å². The minimum Gasteiger partial charge on any atom is -0.469 e. The second-order valence-electron chi connectivity index (χ2n) is 12.0. The molecule has 2 atom stereocenters. The van der Waals surface area contributed by atoms with Crippen molar-refractivity contribution in [2.24, 2.45) is 5.92 Å². The molecule has 0 bridgehead atoms. The zero-order valence-corrected chi connectivity index (χ0v) is 27.8. The van der Waals surface area contributed by atoms with E-state index < -0.39 is 0 Å². The highest BCUT2D eigenvalue weighted by molar-refractivity contribution is 5.74. The van der Waals surface area contributed by atoms with Crippen molar-refractivity contribution >= 4 is 11.9 Å². The lowest BCUT2D eigenvalue weighted by molar-refractivity contribution is -0.160. The number of carbonyl (C=O) groups excluding carboxylic acids is 2. The van der Waals surface area contributed by atoms with E-state index in [1.807, 2.05) is 0 Å². The Hall–Kier alpha value is -1.58. The third-order valence-corrected chi connectivity index (χ3v) is 8.05. The average molecular weight is 577 g/mol. The van der Waals surface area contributed by atoms with Crippen molar-refractivity contribution in [3.05, 3.63) is 24.3 Å². The van der Waals surface area contributed by atoms with Crippen LogP contribution in [0.25, 0.3) is 0 Å². The molecular formula is C37H68O4. The third kappa shape index (κ3) is 27.0. The van der Waals surface area contributed by atoms with E-state index in [4.69, 9.17) is 9.47 Å². The molecule has 41 heavy (non-hydrogen) atoms. The van der Waals surface area contributed by atoms with Gasteiger partial charge in [0.2, 0.25) is 0 Å². The summed E-state index contributed by atoms with van der Waals surface area (Å²) < 4.78 is 10.8. The Kier molecular flexibility index (Phi) is 30.1. The van der Waals surface area contributed by atoms with Crippen molar-refractivity contribution in [3.63, 3.8) is 0 Å². The SMILES string of the molecule is CCCCCC/C=C\CCCCCC[C@@H](C(=O)OC)[C@H](CCCCCCC/C=C\CCCCCCCC)OC(C)=O. The summed E-state index contributed by atoms with van der Waals surface area (Å²) in [5, 5.41) is 0. The van der Waals surface area contributed by atoms with E-state index in [2.05, 4.69) is 38.2 Å². The number of ether oxygens (including phenoxy) is 2. The van der Waals surface area contributed by atoms with Crippen LogP contribution in [0.2, 0.25) is 0 Å². The summed E-state index contributed by atoms with van der Waals surface area (Å²) in [5.74, 6) is -0.906. The summed E-state index contributed by atoms with van der Waals surface area (Å²) in [4.78, 5) is 24.4. The van der Waals surface area contributed by atoms with Gasteiger partial charge in [-0.25, -0.2) is 0 Å². The first-order chi connectivity index (χ1) is 20.1.